The molecular weight excluding hydrogens is 607 g/mol. The van der Waals surface area contributed by atoms with Gasteiger partial charge in [-0.2, -0.15) is 0 Å². The third-order valence-electron chi connectivity index (χ3n) is 9.11. The molecule has 10 rings (SSSR count). The molecule has 3 heterocycles. The fourth-order valence-corrected chi connectivity index (χ4v) is 8.05. The molecule has 7 aromatic carbocycles. The first-order valence-corrected chi connectivity index (χ1v) is 16.8. The van der Waals surface area contributed by atoms with E-state index in [1.165, 1.54) is 20.2 Å². The maximum atomic E-state index is 6.44. The van der Waals surface area contributed by atoms with Crippen molar-refractivity contribution in [3.8, 4) is 45.3 Å². The highest BCUT2D eigenvalue weighted by Crippen LogP contribution is 2.41. The van der Waals surface area contributed by atoms with Gasteiger partial charge in [0.15, 0.2) is 17.5 Å². The Hall–Kier alpha value is -6.17. The number of fused-ring (bicyclic) bond motifs is 7. The van der Waals surface area contributed by atoms with E-state index >= 15 is 0 Å². The van der Waals surface area contributed by atoms with Gasteiger partial charge in [-0.25, -0.2) is 15.0 Å². The molecule has 0 spiro atoms. The fourth-order valence-electron chi connectivity index (χ4n) is 6.84. The van der Waals surface area contributed by atoms with Crippen molar-refractivity contribution >= 4 is 64.2 Å². The van der Waals surface area contributed by atoms with Gasteiger partial charge in [0.25, 0.3) is 0 Å². The van der Waals surface area contributed by atoms with Gasteiger partial charge < -0.3 is 4.42 Å². The number of furan rings is 1. The Bertz CT molecular complexity index is 2850. The maximum absolute atomic E-state index is 6.44. The zero-order valence-corrected chi connectivity index (χ0v) is 26.4. The average molecular weight is 632 g/mol. The summed E-state index contributed by atoms with van der Waals surface area (Å²) in [5.41, 5.74) is 6.74. The molecule has 3 aromatic heterocycles. The molecule has 0 amide bonds. The van der Waals surface area contributed by atoms with E-state index in [4.69, 9.17) is 19.4 Å². The number of thiophene rings is 1. The van der Waals surface area contributed by atoms with E-state index in [1.807, 2.05) is 18.2 Å². The molecular formula is C43H25N3OS. The molecule has 0 fully saturated rings. The standard InChI is InChI=1S/C43H25N3OS/c1-2-11-26(12-3-1)27-15-8-16-30(23-27)41-44-42(46-43(45-41)34-20-9-18-32-31-17-6-7-22-38(31)48-40(32)34)33-19-10-21-36-39(33)35-24-28-13-4-5-14-29(28)25-37(35)47-36/h1-25H. The molecule has 0 aliphatic heterocycles. The van der Waals surface area contributed by atoms with Gasteiger partial charge in [-0.1, -0.05) is 115 Å². The quantitative estimate of drug-likeness (QED) is 0.194. The van der Waals surface area contributed by atoms with Crippen LogP contribution >= 0.6 is 11.3 Å². The van der Waals surface area contributed by atoms with Gasteiger partial charge >= 0.3 is 0 Å². The van der Waals surface area contributed by atoms with Crippen LogP contribution in [-0.2, 0) is 0 Å². The SMILES string of the molecule is c1ccc(-c2cccc(-c3nc(-c4cccc5c4sc4ccccc45)nc(-c4cccc5oc6cc7ccccc7cc6c45)n3)c2)cc1. The van der Waals surface area contributed by atoms with Gasteiger partial charge in [0.1, 0.15) is 11.2 Å². The zero-order chi connectivity index (χ0) is 31.6. The van der Waals surface area contributed by atoms with Crippen LogP contribution in [0, 0.1) is 0 Å². The largest absolute Gasteiger partial charge is 0.456 e. The molecule has 0 saturated heterocycles. The number of rotatable bonds is 4. The molecule has 0 atom stereocenters. The summed E-state index contributed by atoms with van der Waals surface area (Å²) in [5.74, 6) is 1.88. The minimum Gasteiger partial charge on any atom is -0.456 e. The Labute approximate surface area is 279 Å². The molecule has 0 aliphatic rings. The Morgan fingerprint density at radius 1 is 0.417 bits per heavy atom. The fraction of sp³-hybridized carbons (Fsp3) is 0. The summed E-state index contributed by atoms with van der Waals surface area (Å²) < 4.78 is 8.85. The zero-order valence-electron chi connectivity index (χ0n) is 25.6. The molecule has 0 bridgehead atoms. The molecule has 4 nitrogen and oxygen atoms in total. The number of benzene rings is 7. The smallest absolute Gasteiger partial charge is 0.165 e. The molecule has 0 unspecified atom stereocenters. The third kappa shape index (κ3) is 4.33. The predicted octanol–water partition coefficient (Wildman–Crippen LogP) is 12.0. The van der Waals surface area contributed by atoms with Crippen LogP contribution in [0.4, 0.5) is 0 Å². The van der Waals surface area contributed by atoms with Gasteiger partial charge in [-0.05, 0) is 58.3 Å². The predicted molar refractivity (Wildman–Crippen MR) is 199 cm³/mol. The number of nitrogens with zero attached hydrogens (tertiary/aromatic N) is 3. The number of hydrogen-bond donors (Lipinski definition) is 0. The Balaban J connectivity index is 1.25. The van der Waals surface area contributed by atoms with E-state index in [0.29, 0.717) is 17.5 Å². The van der Waals surface area contributed by atoms with Crippen molar-refractivity contribution < 1.29 is 4.42 Å². The summed E-state index contributed by atoms with van der Waals surface area (Å²) in [4.78, 5) is 15.6. The first kappa shape index (κ1) is 27.0. The average Bonchev–Trinajstić information content (AvgIpc) is 3.72. The minimum absolute atomic E-state index is 0.611. The van der Waals surface area contributed by atoms with Crippen LogP contribution in [0.3, 0.4) is 0 Å². The summed E-state index contributed by atoms with van der Waals surface area (Å²) >= 11 is 1.78. The monoisotopic (exact) mass is 631 g/mol. The van der Waals surface area contributed by atoms with Crippen molar-refractivity contribution in [2.24, 2.45) is 0 Å². The highest BCUT2D eigenvalue weighted by molar-refractivity contribution is 7.26. The van der Waals surface area contributed by atoms with Crippen molar-refractivity contribution in [3.63, 3.8) is 0 Å². The van der Waals surface area contributed by atoms with Crippen LogP contribution in [0.15, 0.2) is 156 Å². The van der Waals surface area contributed by atoms with Gasteiger partial charge in [-0.3, -0.25) is 0 Å². The lowest BCUT2D eigenvalue weighted by Crippen LogP contribution is -2.00. The van der Waals surface area contributed by atoms with E-state index in [1.54, 1.807) is 11.3 Å². The van der Waals surface area contributed by atoms with Crippen molar-refractivity contribution in [2.45, 2.75) is 0 Å². The number of aromatic nitrogens is 3. The van der Waals surface area contributed by atoms with E-state index in [2.05, 4.69) is 133 Å². The first-order chi connectivity index (χ1) is 23.8. The maximum Gasteiger partial charge on any atom is 0.165 e. The van der Waals surface area contributed by atoms with Gasteiger partial charge in [-0.15, -0.1) is 11.3 Å². The summed E-state index contributed by atoms with van der Waals surface area (Å²) in [6.07, 6.45) is 0. The van der Waals surface area contributed by atoms with Crippen LogP contribution in [-0.4, -0.2) is 15.0 Å². The van der Waals surface area contributed by atoms with E-state index < -0.39 is 0 Å². The van der Waals surface area contributed by atoms with Crippen LogP contribution in [0.1, 0.15) is 0 Å². The van der Waals surface area contributed by atoms with E-state index in [-0.39, 0.29) is 0 Å². The Morgan fingerprint density at radius 2 is 1.06 bits per heavy atom. The molecule has 0 N–H and O–H groups in total. The lowest BCUT2D eigenvalue weighted by molar-refractivity contribution is 0.669. The normalized spacial score (nSPS) is 11.8. The Morgan fingerprint density at radius 3 is 1.96 bits per heavy atom. The van der Waals surface area contributed by atoms with Crippen molar-refractivity contribution in [3.05, 3.63) is 152 Å². The summed E-state index contributed by atoms with van der Waals surface area (Å²) in [6, 6.07) is 52.7. The van der Waals surface area contributed by atoms with Gasteiger partial charge in [0, 0.05) is 47.6 Å². The van der Waals surface area contributed by atoms with Crippen molar-refractivity contribution in [1.82, 2.24) is 15.0 Å². The van der Waals surface area contributed by atoms with E-state index in [0.717, 1.165) is 60.5 Å². The topological polar surface area (TPSA) is 51.8 Å². The summed E-state index contributed by atoms with van der Waals surface area (Å²) in [7, 11) is 0. The third-order valence-corrected chi connectivity index (χ3v) is 10.3. The molecule has 0 saturated carbocycles. The molecule has 0 radical (unpaired) electrons. The lowest BCUT2D eigenvalue weighted by Gasteiger charge is -2.11. The van der Waals surface area contributed by atoms with Gasteiger partial charge in [0.2, 0.25) is 0 Å². The molecule has 5 heteroatoms. The van der Waals surface area contributed by atoms with Crippen molar-refractivity contribution in [1.29, 1.82) is 0 Å². The highest BCUT2D eigenvalue weighted by atomic mass is 32.1. The second kappa shape index (κ2) is 10.7. The van der Waals surface area contributed by atoms with Crippen LogP contribution < -0.4 is 0 Å². The van der Waals surface area contributed by atoms with Crippen LogP contribution in [0.25, 0.3) is 98.2 Å². The summed E-state index contributed by atoms with van der Waals surface area (Å²) in [5, 5.41) is 6.79. The molecule has 10 aromatic rings. The van der Waals surface area contributed by atoms with E-state index in [9.17, 15) is 0 Å². The summed E-state index contributed by atoms with van der Waals surface area (Å²) in [6.45, 7) is 0. The van der Waals surface area contributed by atoms with Crippen LogP contribution in [0.5, 0.6) is 0 Å². The van der Waals surface area contributed by atoms with Gasteiger partial charge in [0.05, 0.1) is 0 Å². The first-order valence-electron chi connectivity index (χ1n) is 15.9. The lowest BCUT2D eigenvalue weighted by atomic mass is 10.0. The molecule has 48 heavy (non-hydrogen) atoms. The molecule has 224 valence electrons. The second-order valence-electron chi connectivity index (χ2n) is 12.0. The minimum atomic E-state index is 0.611. The van der Waals surface area contributed by atoms with Crippen LogP contribution in [0.2, 0.25) is 0 Å². The van der Waals surface area contributed by atoms with Crippen molar-refractivity contribution in [2.75, 3.05) is 0 Å². The second-order valence-corrected chi connectivity index (χ2v) is 13.1. The number of hydrogen-bond acceptors (Lipinski definition) is 5. The molecule has 0 aliphatic carbocycles. The Kier molecular flexibility index (Phi) is 6.01. The highest BCUT2D eigenvalue weighted by Gasteiger charge is 2.20.